The lowest BCUT2D eigenvalue weighted by Crippen LogP contribution is -2.40. The molecule has 0 saturated carbocycles. The largest absolute Gasteiger partial charge is 0.481 e. The molecule has 1 unspecified atom stereocenters. The number of nitrogens with one attached hydrogen (secondary N) is 1. The lowest BCUT2D eigenvalue weighted by molar-refractivity contribution is 0.396. The zero-order chi connectivity index (χ0) is 13.7. The van der Waals surface area contributed by atoms with E-state index in [2.05, 4.69) is 15.3 Å². The second kappa shape index (κ2) is 5.67. The number of nitrogens with zero attached hydrogens (tertiary/aromatic N) is 2. The Bertz CT molecular complexity index is 532. The molecule has 0 fully saturated rings. The molecule has 1 aromatic heterocycles. The Morgan fingerprint density at radius 2 is 2.00 bits per heavy atom. The summed E-state index contributed by atoms with van der Waals surface area (Å²) >= 11 is 0. The first-order valence-electron chi connectivity index (χ1n) is 6.09. The van der Waals surface area contributed by atoms with Crippen molar-refractivity contribution in [2.75, 3.05) is 19.0 Å². The molecule has 0 aliphatic carbocycles. The van der Waals surface area contributed by atoms with Gasteiger partial charge in [0, 0.05) is 18.8 Å². The van der Waals surface area contributed by atoms with Gasteiger partial charge in [-0.3, -0.25) is 0 Å². The maximum Gasteiger partial charge on any atom is 0.226 e. The van der Waals surface area contributed by atoms with Crippen LogP contribution in [0.1, 0.15) is 12.5 Å². The molecule has 2 aromatic rings. The van der Waals surface area contributed by atoms with Crippen LogP contribution in [0.15, 0.2) is 42.6 Å². The molecule has 3 N–H and O–H groups in total. The van der Waals surface area contributed by atoms with E-state index in [1.54, 1.807) is 19.4 Å². The predicted molar refractivity (Wildman–Crippen MR) is 75.1 cm³/mol. The Morgan fingerprint density at radius 1 is 1.26 bits per heavy atom. The summed E-state index contributed by atoms with van der Waals surface area (Å²) in [6, 6.07) is 11.7. The molecule has 0 saturated heterocycles. The van der Waals surface area contributed by atoms with Crippen molar-refractivity contribution < 1.29 is 4.74 Å². The van der Waals surface area contributed by atoms with Crippen molar-refractivity contribution in [2.24, 2.45) is 5.73 Å². The summed E-state index contributed by atoms with van der Waals surface area (Å²) in [5, 5.41) is 3.27. The molecular formula is C14H18N4O. The van der Waals surface area contributed by atoms with Crippen molar-refractivity contribution in [2.45, 2.75) is 12.5 Å². The van der Waals surface area contributed by atoms with Gasteiger partial charge in [-0.15, -0.1) is 0 Å². The first-order valence-corrected chi connectivity index (χ1v) is 6.09. The lowest BCUT2D eigenvalue weighted by Gasteiger charge is -2.30. The van der Waals surface area contributed by atoms with Crippen molar-refractivity contribution in [3.05, 3.63) is 48.2 Å². The van der Waals surface area contributed by atoms with Gasteiger partial charge in [0.1, 0.15) is 0 Å². The second-order valence-corrected chi connectivity index (χ2v) is 4.45. The fourth-order valence-corrected chi connectivity index (χ4v) is 1.81. The number of ether oxygens (including phenoxy) is 1. The molecule has 1 atom stereocenters. The highest BCUT2D eigenvalue weighted by Gasteiger charge is 2.25. The molecule has 2 rings (SSSR count). The molecule has 0 spiro atoms. The molecule has 1 aromatic carbocycles. The fourth-order valence-electron chi connectivity index (χ4n) is 1.81. The second-order valence-electron chi connectivity index (χ2n) is 4.45. The highest BCUT2D eigenvalue weighted by molar-refractivity contribution is 5.38. The standard InChI is InChI=1S/C14H18N4O/c1-14(10-15,11-6-4-3-5-7-11)18-13-16-9-8-12(17-13)19-2/h3-9H,10,15H2,1-2H3,(H,16,17,18). The Labute approximate surface area is 112 Å². The van der Waals surface area contributed by atoms with E-state index >= 15 is 0 Å². The van der Waals surface area contributed by atoms with Crippen LogP contribution in [-0.2, 0) is 5.54 Å². The molecule has 0 amide bonds. The summed E-state index contributed by atoms with van der Waals surface area (Å²) in [7, 11) is 1.57. The molecule has 5 nitrogen and oxygen atoms in total. The van der Waals surface area contributed by atoms with Gasteiger partial charge in [-0.2, -0.15) is 4.98 Å². The number of methoxy groups -OCH3 is 1. The van der Waals surface area contributed by atoms with E-state index in [-0.39, 0.29) is 0 Å². The monoisotopic (exact) mass is 258 g/mol. The topological polar surface area (TPSA) is 73.1 Å². The molecule has 0 aliphatic heterocycles. The molecule has 0 aliphatic rings. The van der Waals surface area contributed by atoms with Crippen LogP contribution in [0.5, 0.6) is 5.88 Å². The van der Waals surface area contributed by atoms with Crippen molar-refractivity contribution in [3.8, 4) is 5.88 Å². The third-order valence-corrected chi connectivity index (χ3v) is 3.05. The Kier molecular flexibility index (Phi) is 3.97. The number of anilines is 1. The van der Waals surface area contributed by atoms with Crippen LogP contribution >= 0.6 is 0 Å². The van der Waals surface area contributed by atoms with Crippen molar-refractivity contribution >= 4 is 5.95 Å². The van der Waals surface area contributed by atoms with Gasteiger partial charge >= 0.3 is 0 Å². The SMILES string of the molecule is COc1ccnc(NC(C)(CN)c2ccccc2)n1. The maximum atomic E-state index is 5.91. The van der Waals surface area contributed by atoms with Gasteiger partial charge in [-0.25, -0.2) is 4.98 Å². The number of aromatic nitrogens is 2. The van der Waals surface area contributed by atoms with Gasteiger partial charge in [0.15, 0.2) is 0 Å². The molecule has 19 heavy (non-hydrogen) atoms. The molecule has 5 heteroatoms. The lowest BCUT2D eigenvalue weighted by atomic mass is 9.92. The van der Waals surface area contributed by atoms with E-state index < -0.39 is 5.54 Å². The zero-order valence-electron chi connectivity index (χ0n) is 11.1. The number of benzene rings is 1. The minimum Gasteiger partial charge on any atom is -0.481 e. The molecular weight excluding hydrogens is 240 g/mol. The third kappa shape index (κ3) is 3.00. The van der Waals surface area contributed by atoms with E-state index in [0.717, 1.165) is 5.56 Å². The van der Waals surface area contributed by atoms with Crippen LogP contribution in [0.2, 0.25) is 0 Å². The van der Waals surface area contributed by atoms with Crippen LogP contribution in [-0.4, -0.2) is 23.6 Å². The number of hydrogen-bond donors (Lipinski definition) is 2. The Balaban J connectivity index is 2.27. The van der Waals surface area contributed by atoms with Crippen LogP contribution in [0.4, 0.5) is 5.95 Å². The minimum absolute atomic E-state index is 0.423. The number of nitrogens with two attached hydrogens (primary N) is 1. The Morgan fingerprint density at radius 3 is 2.63 bits per heavy atom. The summed E-state index contributed by atoms with van der Waals surface area (Å²) in [5.41, 5.74) is 6.57. The van der Waals surface area contributed by atoms with E-state index in [1.165, 1.54) is 0 Å². The molecule has 1 heterocycles. The number of rotatable bonds is 5. The van der Waals surface area contributed by atoms with Gasteiger partial charge in [0.2, 0.25) is 11.8 Å². The molecule has 0 bridgehead atoms. The summed E-state index contributed by atoms with van der Waals surface area (Å²) in [6.07, 6.45) is 1.65. The van der Waals surface area contributed by atoms with E-state index in [4.69, 9.17) is 10.5 Å². The third-order valence-electron chi connectivity index (χ3n) is 3.05. The highest BCUT2D eigenvalue weighted by atomic mass is 16.5. The maximum absolute atomic E-state index is 5.91. The van der Waals surface area contributed by atoms with Crippen LogP contribution in [0.25, 0.3) is 0 Å². The average Bonchev–Trinajstić information content (AvgIpc) is 2.48. The molecule has 100 valence electrons. The van der Waals surface area contributed by atoms with E-state index in [9.17, 15) is 0 Å². The van der Waals surface area contributed by atoms with Gasteiger partial charge in [0.05, 0.1) is 12.6 Å². The van der Waals surface area contributed by atoms with E-state index in [1.807, 2.05) is 37.3 Å². The van der Waals surface area contributed by atoms with Crippen molar-refractivity contribution in [3.63, 3.8) is 0 Å². The summed E-state index contributed by atoms with van der Waals surface area (Å²) in [5.74, 6) is 1.01. The summed E-state index contributed by atoms with van der Waals surface area (Å²) in [6.45, 7) is 2.45. The first-order chi connectivity index (χ1) is 9.18. The van der Waals surface area contributed by atoms with Crippen LogP contribution in [0, 0.1) is 0 Å². The van der Waals surface area contributed by atoms with Crippen LogP contribution < -0.4 is 15.8 Å². The molecule has 0 radical (unpaired) electrons. The zero-order valence-corrected chi connectivity index (χ0v) is 11.1. The van der Waals surface area contributed by atoms with Crippen molar-refractivity contribution in [1.29, 1.82) is 0 Å². The fraction of sp³-hybridized carbons (Fsp3) is 0.286. The Hall–Kier alpha value is -2.14. The number of hydrogen-bond acceptors (Lipinski definition) is 5. The average molecular weight is 258 g/mol. The van der Waals surface area contributed by atoms with Crippen molar-refractivity contribution in [1.82, 2.24) is 9.97 Å². The summed E-state index contributed by atoms with van der Waals surface area (Å²) in [4.78, 5) is 8.44. The quantitative estimate of drug-likeness (QED) is 0.855. The van der Waals surface area contributed by atoms with Crippen LogP contribution in [0.3, 0.4) is 0 Å². The van der Waals surface area contributed by atoms with Gasteiger partial charge in [-0.1, -0.05) is 30.3 Å². The normalized spacial score (nSPS) is 13.6. The minimum atomic E-state index is -0.423. The van der Waals surface area contributed by atoms with Gasteiger partial charge < -0.3 is 15.8 Å². The van der Waals surface area contributed by atoms with Gasteiger partial charge in [-0.05, 0) is 12.5 Å². The first kappa shape index (κ1) is 13.3. The summed E-state index contributed by atoms with van der Waals surface area (Å²) < 4.78 is 5.09. The predicted octanol–water partition coefficient (Wildman–Crippen LogP) is 1.77. The van der Waals surface area contributed by atoms with E-state index in [0.29, 0.717) is 18.4 Å². The smallest absolute Gasteiger partial charge is 0.226 e. The van der Waals surface area contributed by atoms with Gasteiger partial charge in [0.25, 0.3) is 0 Å². The highest BCUT2D eigenvalue weighted by Crippen LogP contribution is 2.23.